The molecule has 2 heterocycles. The lowest BCUT2D eigenvalue weighted by atomic mass is 10.1. The first-order chi connectivity index (χ1) is 11.0. The maximum atomic E-state index is 12.1. The molecule has 0 saturated carbocycles. The summed E-state index contributed by atoms with van der Waals surface area (Å²) in [6.07, 6.45) is 2.17. The minimum absolute atomic E-state index is 0.0555. The smallest absolute Gasteiger partial charge is 0.330 e. The molecular weight excluding hydrogens is 298 g/mol. The van der Waals surface area contributed by atoms with E-state index in [9.17, 15) is 14.4 Å². The van der Waals surface area contributed by atoms with Crippen molar-refractivity contribution in [2.24, 2.45) is 7.05 Å². The van der Waals surface area contributed by atoms with Gasteiger partial charge < -0.3 is 4.84 Å². The Balaban J connectivity index is 1.64. The molecule has 0 bridgehead atoms. The highest BCUT2D eigenvalue weighted by atomic mass is 16.7. The molecule has 0 aliphatic carbocycles. The van der Waals surface area contributed by atoms with Crippen molar-refractivity contribution in [2.45, 2.75) is 19.8 Å². The monoisotopic (exact) mass is 313 g/mol. The molecule has 0 N–H and O–H groups in total. The zero-order chi connectivity index (χ0) is 16.6. The van der Waals surface area contributed by atoms with Gasteiger partial charge in [-0.25, -0.2) is 4.79 Å². The second-order valence-electron chi connectivity index (χ2n) is 5.29. The highest BCUT2D eigenvalue weighted by molar-refractivity contribution is 6.20. The number of imide groups is 1. The average Bonchev–Trinajstić information content (AvgIpc) is 2.99. The van der Waals surface area contributed by atoms with Gasteiger partial charge in [-0.3, -0.25) is 14.3 Å². The zero-order valence-corrected chi connectivity index (χ0v) is 12.8. The lowest BCUT2D eigenvalue weighted by Gasteiger charge is -2.12. The van der Waals surface area contributed by atoms with Crippen molar-refractivity contribution in [3.05, 3.63) is 52.8 Å². The summed E-state index contributed by atoms with van der Waals surface area (Å²) in [5, 5.41) is 4.63. The van der Waals surface area contributed by atoms with Crippen LogP contribution in [-0.2, 0) is 23.1 Å². The second kappa shape index (κ2) is 5.68. The van der Waals surface area contributed by atoms with Crippen molar-refractivity contribution in [3.8, 4) is 0 Å². The van der Waals surface area contributed by atoms with Crippen LogP contribution in [0.2, 0.25) is 0 Å². The van der Waals surface area contributed by atoms with E-state index in [-0.39, 0.29) is 17.5 Å². The quantitative estimate of drug-likeness (QED) is 0.797. The molecule has 23 heavy (non-hydrogen) atoms. The minimum atomic E-state index is -0.636. The molecule has 0 radical (unpaired) electrons. The van der Waals surface area contributed by atoms with Crippen LogP contribution in [0.5, 0.6) is 0 Å². The summed E-state index contributed by atoms with van der Waals surface area (Å²) in [6.45, 7) is 1.90. The SMILES string of the molecule is Cc1c(CCC(=O)ON2C(=O)c3ccccc3C2=O)cnn1C. The summed E-state index contributed by atoms with van der Waals surface area (Å²) in [6, 6.07) is 6.37. The van der Waals surface area contributed by atoms with Crippen LogP contribution < -0.4 is 0 Å². The van der Waals surface area contributed by atoms with Gasteiger partial charge in [-0.1, -0.05) is 17.2 Å². The van der Waals surface area contributed by atoms with Crippen molar-refractivity contribution >= 4 is 17.8 Å². The molecule has 1 aromatic heterocycles. The van der Waals surface area contributed by atoms with Crippen LogP contribution in [0, 0.1) is 6.92 Å². The van der Waals surface area contributed by atoms with Gasteiger partial charge in [-0.2, -0.15) is 5.10 Å². The van der Waals surface area contributed by atoms with Crippen molar-refractivity contribution < 1.29 is 19.2 Å². The number of carbonyl (C=O) groups is 3. The van der Waals surface area contributed by atoms with Crippen LogP contribution >= 0.6 is 0 Å². The van der Waals surface area contributed by atoms with Crippen molar-refractivity contribution in [1.29, 1.82) is 0 Å². The highest BCUT2D eigenvalue weighted by Gasteiger charge is 2.38. The van der Waals surface area contributed by atoms with Crippen LogP contribution in [0.25, 0.3) is 0 Å². The third kappa shape index (κ3) is 2.61. The number of benzene rings is 1. The number of hydroxylamine groups is 2. The fourth-order valence-corrected chi connectivity index (χ4v) is 2.42. The van der Waals surface area contributed by atoms with Gasteiger partial charge in [0.1, 0.15) is 0 Å². The molecule has 0 atom stereocenters. The maximum absolute atomic E-state index is 12.1. The Morgan fingerprint density at radius 1 is 1.17 bits per heavy atom. The Labute approximate surface area is 132 Å². The number of aryl methyl sites for hydroxylation is 2. The van der Waals surface area contributed by atoms with Gasteiger partial charge in [0, 0.05) is 12.7 Å². The van der Waals surface area contributed by atoms with E-state index >= 15 is 0 Å². The fourth-order valence-electron chi connectivity index (χ4n) is 2.42. The third-order valence-corrected chi connectivity index (χ3v) is 3.89. The predicted molar refractivity (Wildman–Crippen MR) is 79.3 cm³/mol. The number of carbonyl (C=O) groups excluding carboxylic acids is 3. The number of nitrogens with zero attached hydrogens (tertiary/aromatic N) is 3. The molecule has 0 unspecified atom stereocenters. The van der Waals surface area contributed by atoms with Crippen LogP contribution in [0.3, 0.4) is 0 Å². The number of aromatic nitrogens is 2. The summed E-state index contributed by atoms with van der Waals surface area (Å²) in [5.41, 5.74) is 2.37. The zero-order valence-electron chi connectivity index (χ0n) is 12.8. The molecule has 118 valence electrons. The summed E-state index contributed by atoms with van der Waals surface area (Å²) < 4.78 is 1.71. The van der Waals surface area contributed by atoms with E-state index in [0.717, 1.165) is 11.3 Å². The molecule has 2 amide bonds. The molecule has 0 saturated heterocycles. The Kier molecular flexibility index (Phi) is 3.69. The summed E-state index contributed by atoms with van der Waals surface area (Å²) in [4.78, 5) is 41.1. The van der Waals surface area contributed by atoms with E-state index < -0.39 is 17.8 Å². The second-order valence-corrected chi connectivity index (χ2v) is 5.29. The molecule has 2 aromatic rings. The predicted octanol–water partition coefficient (Wildman–Crippen LogP) is 1.42. The van der Waals surface area contributed by atoms with Crippen molar-refractivity contribution in [3.63, 3.8) is 0 Å². The number of fused-ring (bicyclic) bond motifs is 1. The molecule has 0 spiro atoms. The molecule has 0 fully saturated rings. The maximum Gasteiger partial charge on any atom is 0.333 e. The van der Waals surface area contributed by atoms with Gasteiger partial charge in [0.2, 0.25) is 0 Å². The van der Waals surface area contributed by atoms with E-state index in [1.54, 1.807) is 23.0 Å². The Hall–Kier alpha value is -2.96. The Bertz CT molecular complexity index is 774. The normalized spacial score (nSPS) is 13.4. The molecular formula is C16H15N3O4. The van der Waals surface area contributed by atoms with Gasteiger partial charge in [0.25, 0.3) is 11.8 Å². The average molecular weight is 313 g/mol. The van der Waals surface area contributed by atoms with Gasteiger partial charge >= 0.3 is 5.97 Å². The number of amides is 2. The number of rotatable bonds is 4. The topological polar surface area (TPSA) is 81.5 Å². The van der Waals surface area contributed by atoms with Crippen LogP contribution in [0.4, 0.5) is 0 Å². The van der Waals surface area contributed by atoms with Gasteiger partial charge in [-0.05, 0) is 31.0 Å². The summed E-state index contributed by atoms with van der Waals surface area (Å²) >= 11 is 0. The first-order valence-electron chi connectivity index (χ1n) is 7.15. The summed E-state index contributed by atoms with van der Waals surface area (Å²) in [5.74, 6) is -1.87. The molecule has 1 aliphatic heterocycles. The minimum Gasteiger partial charge on any atom is -0.330 e. The van der Waals surface area contributed by atoms with E-state index in [2.05, 4.69) is 5.10 Å². The van der Waals surface area contributed by atoms with Gasteiger partial charge in [0.15, 0.2) is 0 Å². The van der Waals surface area contributed by atoms with Gasteiger partial charge in [-0.15, -0.1) is 0 Å². The van der Waals surface area contributed by atoms with Crippen molar-refractivity contribution in [1.82, 2.24) is 14.8 Å². The third-order valence-electron chi connectivity index (χ3n) is 3.89. The van der Waals surface area contributed by atoms with E-state index in [4.69, 9.17) is 4.84 Å². The van der Waals surface area contributed by atoms with Crippen LogP contribution in [-0.4, -0.2) is 32.6 Å². The standard InChI is InChI=1S/C16H15N3O4/c1-10-11(9-17-18(10)2)7-8-14(20)23-19-15(21)12-5-3-4-6-13(12)16(19)22/h3-6,9H,7-8H2,1-2H3. The fraction of sp³-hybridized carbons (Fsp3) is 0.250. The van der Waals surface area contributed by atoms with E-state index in [1.807, 2.05) is 14.0 Å². The van der Waals surface area contributed by atoms with Crippen LogP contribution in [0.1, 0.15) is 38.4 Å². The van der Waals surface area contributed by atoms with Crippen molar-refractivity contribution in [2.75, 3.05) is 0 Å². The first kappa shape index (κ1) is 15.0. The summed E-state index contributed by atoms with van der Waals surface area (Å²) in [7, 11) is 1.82. The highest BCUT2D eigenvalue weighted by Crippen LogP contribution is 2.23. The van der Waals surface area contributed by atoms with Crippen LogP contribution in [0.15, 0.2) is 30.5 Å². The van der Waals surface area contributed by atoms with E-state index in [0.29, 0.717) is 11.5 Å². The Morgan fingerprint density at radius 2 is 1.78 bits per heavy atom. The molecule has 1 aliphatic rings. The molecule has 3 rings (SSSR count). The first-order valence-corrected chi connectivity index (χ1v) is 7.15. The van der Waals surface area contributed by atoms with E-state index in [1.165, 1.54) is 12.1 Å². The molecule has 1 aromatic carbocycles. The lowest BCUT2D eigenvalue weighted by molar-refractivity contribution is -0.168. The van der Waals surface area contributed by atoms with Gasteiger partial charge in [0.05, 0.1) is 23.7 Å². The Morgan fingerprint density at radius 3 is 2.30 bits per heavy atom. The number of hydrogen-bond acceptors (Lipinski definition) is 5. The molecule has 7 heteroatoms. The lowest BCUT2D eigenvalue weighted by Crippen LogP contribution is -2.32. The number of hydrogen-bond donors (Lipinski definition) is 0. The molecule has 7 nitrogen and oxygen atoms in total. The largest absolute Gasteiger partial charge is 0.333 e.